The molecular formula is C50H33NO. The number of benzene rings is 9. The molecule has 0 unspecified atom stereocenters. The zero-order chi connectivity index (χ0) is 34.4. The summed E-state index contributed by atoms with van der Waals surface area (Å²) in [6.07, 6.45) is 0. The third-order valence-corrected chi connectivity index (χ3v) is 10.2. The number of hydrogen-bond acceptors (Lipinski definition) is 2. The number of para-hydroxylation sites is 1. The van der Waals surface area contributed by atoms with Crippen LogP contribution >= 0.6 is 0 Å². The first-order valence-corrected chi connectivity index (χ1v) is 17.8. The smallest absolute Gasteiger partial charge is 0.137 e. The van der Waals surface area contributed by atoms with Gasteiger partial charge in [-0.3, -0.25) is 0 Å². The van der Waals surface area contributed by atoms with E-state index in [1.165, 1.54) is 54.9 Å². The first kappa shape index (κ1) is 30.0. The van der Waals surface area contributed by atoms with E-state index in [1.54, 1.807) is 0 Å². The third-order valence-electron chi connectivity index (χ3n) is 10.2. The van der Waals surface area contributed by atoms with Crippen LogP contribution < -0.4 is 4.90 Å². The molecule has 0 amide bonds. The van der Waals surface area contributed by atoms with E-state index in [0.717, 1.165) is 39.0 Å². The van der Waals surface area contributed by atoms with Gasteiger partial charge in [0.05, 0.1) is 11.1 Å². The van der Waals surface area contributed by atoms with Crippen LogP contribution in [0, 0.1) is 0 Å². The molecular weight excluding hydrogens is 631 g/mol. The highest BCUT2D eigenvalue weighted by Gasteiger charge is 2.22. The van der Waals surface area contributed by atoms with Crippen LogP contribution in [0.1, 0.15) is 0 Å². The predicted octanol–water partition coefficient (Wildman–Crippen LogP) is 14.4. The van der Waals surface area contributed by atoms with Crippen LogP contribution in [0.3, 0.4) is 0 Å². The third kappa shape index (κ3) is 4.96. The maximum atomic E-state index is 6.43. The average Bonchev–Trinajstić information content (AvgIpc) is 3.61. The van der Waals surface area contributed by atoms with E-state index >= 15 is 0 Å². The quantitative estimate of drug-likeness (QED) is 0.165. The summed E-state index contributed by atoms with van der Waals surface area (Å²) in [5.74, 6) is 0. The summed E-state index contributed by atoms with van der Waals surface area (Å²) >= 11 is 0. The Morgan fingerprint density at radius 2 is 0.808 bits per heavy atom. The van der Waals surface area contributed by atoms with E-state index in [9.17, 15) is 0 Å². The van der Waals surface area contributed by atoms with Crippen LogP contribution in [-0.4, -0.2) is 0 Å². The lowest BCUT2D eigenvalue weighted by molar-refractivity contribution is 0.669. The molecule has 0 fully saturated rings. The highest BCUT2D eigenvalue weighted by atomic mass is 16.3. The van der Waals surface area contributed by atoms with Gasteiger partial charge in [-0.05, 0) is 97.4 Å². The summed E-state index contributed by atoms with van der Waals surface area (Å²) in [6, 6.07) is 71.7. The first-order chi connectivity index (χ1) is 25.8. The van der Waals surface area contributed by atoms with Gasteiger partial charge in [0, 0.05) is 16.8 Å². The SMILES string of the molecule is c1ccc(-c2ccc(N(c3ccc4c(c3)c(-c3ccccc3)c(-c3ccccc3)c3ccccc34)c3cccc4oc5ccccc5c34)cc2)cc1. The second-order valence-corrected chi connectivity index (χ2v) is 13.3. The fourth-order valence-electron chi connectivity index (χ4n) is 7.93. The molecule has 1 aromatic heterocycles. The minimum Gasteiger partial charge on any atom is -0.456 e. The van der Waals surface area contributed by atoms with E-state index in [-0.39, 0.29) is 0 Å². The molecule has 1 heterocycles. The predicted molar refractivity (Wildman–Crippen MR) is 220 cm³/mol. The summed E-state index contributed by atoms with van der Waals surface area (Å²) in [5.41, 5.74) is 12.2. The number of rotatable bonds is 6. The molecule has 2 heteroatoms. The normalized spacial score (nSPS) is 11.5. The maximum absolute atomic E-state index is 6.43. The molecule has 0 bridgehead atoms. The van der Waals surface area contributed by atoms with Crippen molar-refractivity contribution in [2.45, 2.75) is 0 Å². The summed E-state index contributed by atoms with van der Waals surface area (Å²) in [5, 5.41) is 7.11. The van der Waals surface area contributed by atoms with Crippen molar-refractivity contribution >= 4 is 60.5 Å². The summed E-state index contributed by atoms with van der Waals surface area (Å²) in [7, 11) is 0. The van der Waals surface area contributed by atoms with Crippen LogP contribution in [0.25, 0.3) is 76.9 Å². The zero-order valence-corrected chi connectivity index (χ0v) is 28.4. The molecule has 0 aliphatic rings. The molecule has 0 radical (unpaired) electrons. The van der Waals surface area contributed by atoms with Crippen LogP contribution in [0.5, 0.6) is 0 Å². The molecule has 2 nitrogen and oxygen atoms in total. The van der Waals surface area contributed by atoms with Crippen molar-refractivity contribution in [3.05, 3.63) is 200 Å². The molecule has 0 saturated heterocycles. The van der Waals surface area contributed by atoms with Crippen LogP contribution in [-0.2, 0) is 0 Å². The van der Waals surface area contributed by atoms with Crippen molar-refractivity contribution in [1.29, 1.82) is 0 Å². The monoisotopic (exact) mass is 663 g/mol. The molecule has 0 atom stereocenters. The number of anilines is 3. The van der Waals surface area contributed by atoms with Gasteiger partial charge in [-0.1, -0.05) is 158 Å². The Labute approximate surface area is 302 Å². The maximum Gasteiger partial charge on any atom is 0.137 e. The summed E-state index contributed by atoms with van der Waals surface area (Å²) in [4.78, 5) is 2.39. The molecule has 10 aromatic rings. The lowest BCUT2D eigenvalue weighted by Gasteiger charge is -2.27. The lowest BCUT2D eigenvalue weighted by Crippen LogP contribution is -2.10. The van der Waals surface area contributed by atoms with Crippen LogP contribution in [0.15, 0.2) is 205 Å². The molecule has 52 heavy (non-hydrogen) atoms. The molecule has 10 rings (SSSR count). The van der Waals surface area contributed by atoms with E-state index < -0.39 is 0 Å². The number of nitrogens with zero attached hydrogens (tertiary/aromatic N) is 1. The molecule has 0 N–H and O–H groups in total. The Bertz CT molecular complexity index is 2870. The van der Waals surface area contributed by atoms with Gasteiger partial charge in [-0.15, -0.1) is 0 Å². The molecule has 0 spiro atoms. The molecule has 0 aliphatic heterocycles. The van der Waals surface area contributed by atoms with E-state index in [1.807, 2.05) is 6.07 Å². The Balaban J connectivity index is 1.29. The van der Waals surface area contributed by atoms with Crippen molar-refractivity contribution in [3.63, 3.8) is 0 Å². The topological polar surface area (TPSA) is 16.4 Å². The number of fused-ring (bicyclic) bond motifs is 6. The largest absolute Gasteiger partial charge is 0.456 e. The van der Waals surface area contributed by atoms with Gasteiger partial charge in [0.2, 0.25) is 0 Å². The van der Waals surface area contributed by atoms with Gasteiger partial charge in [0.15, 0.2) is 0 Å². The van der Waals surface area contributed by atoms with Crippen LogP contribution in [0.2, 0.25) is 0 Å². The molecule has 9 aromatic carbocycles. The van der Waals surface area contributed by atoms with Crippen molar-refractivity contribution in [2.75, 3.05) is 4.90 Å². The fraction of sp³-hybridized carbons (Fsp3) is 0. The van der Waals surface area contributed by atoms with E-state index in [0.29, 0.717) is 0 Å². The minimum atomic E-state index is 0.868. The van der Waals surface area contributed by atoms with Gasteiger partial charge in [0.1, 0.15) is 11.2 Å². The highest BCUT2D eigenvalue weighted by Crippen LogP contribution is 2.48. The molecule has 244 valence electrons. The number of hydrogen-bond donors (Lipinski definition) is 0. The summed E-state index contributed by atoms with van der Waals surface area (Å²) in [6.45, 7) is 0. The Morgan fingerprint density at radius 3 is 1.50 bits per heavy atom. The van der Waals surface area contributed by atoms with E-state index in [4.69, 9.17) is 4.42 Å². The van der Waals surface area contributed by atoms with Gasteiger partial charge in [-0.2, -0.15) is 0 Å². The summed E-state index contributed by atoms with van der Waals surface area (Å²) < 4.78 is 6.43. The van der Waals surface area contributed by atoms with Crippen molar-refractivity contribution in [2.24, 2.45) is 0 Å². The molecule has 0 saturated carbocycles. The van der Waals surface area contributed by atoms with Crippen molar-refractivity contribution in [3.8, 4) is 33.4 Å². The van der Waals surface area contributed by atoms with E-state index in [2.05, 4.69) is 199 Å². The lowest BCUT2D eigenvalue weighted by atomic mass is 9.85. The average molecular weight is 664 g/mol. The standard InChI is InChI=1S/C50H33NO/c1-4-15-34(16-5-1)35-27-29-38(30-28-35)51(45-24-14-26-47-50(45)43-23-12-13-25-46(43)52-47)39-31-32-41-40-21-10-11-22-42(40)48(36-17-6-2-7-18-36)49(44(41)33-39)37-19-8-3-9-20-37/h1-33H. The van der Waals surface area contributed by atoms with Crippen molar-refractivity contribution in [1.82, 2.24) is 0 Å². The Morgan fingerprint density at radius 1 is 0.308 bits per heavy atom. The Kier molecular flexibility index (Phi) is 7.18. The van der Waals surface area contributed by atoms with Crippen molar-refractivity contribution < 1.29 is 4.42 Å². The first-order valence-electron chi connectivity index (χ1n) is 17.8. The zero-order valence-electron chi connectivity index (χ0n) is 28.4. The Hall–Kier alpha value is -6.90. The molecule has 0 aliphatic carbocycles. The minimum absolute atomic E-state index is 0.868. The van der Waals surface area contributed by atoms with Gasteiger partial charge >= 0.3 is 0 Å². The second-order valence-electron chi connectivity index (χ2n) is 13.3. The van der Waals surface area contributed by atoms with Gasteiger partial charge < -0.3 is 9.32 Å². The number of furan rings is 1. The second kappa shape index (κ2) is 12.5. The van der Waals surface area contributed by atoms with Crippen LogP contribution in [0.4, 0.5) is 17.1 Å². The van der Waals surface area contributed by atoms with Gasteiger partial charge in [-0.25, -0.2) is 0 Å². The highest BCUT2D eigenvalue weighted by molar-refractivity contribution is 6.22. The fourth-order valence-corrected chi connectivity index (χ4v) is 7.93. The van der Waals surface area contributed by atoms with Gasteiger partial charge in [0.25, 0.3) is 0 Å².